The largest absolute Gasteiger partial charge is 0.277 e. The van der Waals surface area contributed by atoms with Gasteiger partial charge in [0.15, 0.2) is 0 Å². The van der Waals surface area contributed by atoms with Gasteiger partial charge in [-0.25, -0.2) is 8.42 Å². The topological polar surface area (TPSA) is 46.2 Å². The first-order valence-corrected chi connectivity index (χ1v) is 8.54. The third-order valence-electron chi connectivity index (χ3n) is 2.43. The summed E-state index contributed by atoms with van der Waals surface area (Å²) in [6.45, 7) is 1.98. The van der Waals surface area contributed by atoms with Crippen molar-refractivity contribution in [2.24, 2.45) is 0 Å². The van der Waals surface area contributed by atoms with Crippen LogP contribution in [0.3, 0.4) is 0 Å². The van der Waals surface area contributed by atoms with Crippen LogP contribution in [0.25, 0.3) is 0 Å². The number of nitrogens with one attached hydrogen (secondary N) is 1. The Kier molecular flexibility index (Phi) is 4.40. The summed E-state index contributed by atoms with van der Waals surface area (Å²) in [4.78, 5) is 1.02. The second kappa shape index (κ2) is 5.71. The zero-order valence-corrected chi connectivity index (χ0v) is 13.1. The predicted molar refractivity (Wildman–Crippen MR) is 81.0 cm³/mol. The summed E-state index contributed by atoms with van der Waals surface area (Å²) in [6, 6.07) is 8.01. The van der Waals surface area contributed by atoms with Gasteiger partial charge in [-0.1, -0.05) is 30.1 Å². The zero-order chi connectivity index (χ0) is 14.0. The van der Waals surface area contributed by atoms with Crippen LogP contribution < -0.4 is 4.72 Å². The quantitative estimate of drug-likeness (QED) is 0.898. The molecular formula is C12H11Cl2NO2S2. The molecule has 1 aromatic carbocycles. The van der Waals surface area contributed by atoms with Crippen molar-refractivity contribution in [1.29, 1.82) is 0 Å². The fraction of sp³-hybridized carbons (Fsp3) is 0.167. The zero-order valence-electron chi connectivity index (χ0n) is 9.98. The SMILES string of the molecule is CCc1ccc(S(=O)(=O)Nc2ccc(Cl)cc2Cl)s1. The number of sulfonamides is 1. The molecule has 0 atom stereocenters. The van der Waals surface area contributed by atoms with Gasteiger partial charge in [-0.15, -0.1) is 11.3 Å². The average molecular weight is 336 g/mol. The Hall–Kier alpha value is -0.750. The maximum atomic E-state index is 12.2. The van der Waals surface area contributed by atoms with E-state index in [0.29, 0.717) is 10.7 Å². The van der Waals surface area contributed by atoms with E-state index in [0.717, 1.165) is 11.3 Å². The Labute approximate surface area is 126 Å². The molecule has 19 heavy (non-hydrogen) atoms. The van der Waals surface area contributed by atoms with Crippen molar-refractivity contribution < 1.29 is 8.42 Å². The lowest BCUT2D eigenvalue weighted by Gasteiger charge is -2.08. The van der Waals surface area contributed by atoms with Crippen molar-refractivity contribution in [2.75, 3.05) is 4.72 Å². The lowest BCUT2D eigenvalue weighted by atomic mass is 10.3. The average Bonchev–Trinajstić information content (AvgIpc) is 2.82. The molecule has 1 heterocycles. The number of hydrogen-bond donors (Lipinski definition) is 1. The molecule has 0 bridgehead atoms. The van der Waals surface area contributed by atoms with Gasteiger partial charge in [0.2, 0.25) is 0 Å². The van der Waals surface area contributed by atoms with Crippen LogP contribution >= 0.6 is 34.5 Å². The molecule has 0 saturated carbocycles. The molecule has 0 aliphatic heterocycles. The molecule has 0 fully saturated rings. The fourth-order valence-electron chi connectivity index (χ4n) is 1.46. The predicted octanol–water partition coefficient (Wildman–Crippen LogP) is 4.42. The summed E-state index contributed by atoms with van der Waals surface area (Å²) >= 11 is 13.0. The maximum absolute atomic E-state index is 12.2. The summed E-state index contributed by atoms with van der Waals surface area (Å²) in [6.07, 6.45) is 0.807. The molecule has 3 nitrogen and oxygen atoms in total. The molecule has 1 aromatic heterocycles. The summed E-state index contributed by atoms with van der Waals surface area (Å²) in [5.41, 5.74) is 0.317. The third kappa shape index (κ3) is 3.42. The highest BCUT2D eigenvalue weighted by molar-refractivity contribution is 7.94. The molecule has 2 aromatic rings. The van der Waals surface area contributed by atoms with Crippen molar-refractivity contribution in [3.8, 4) is 0 Å². The van der Waals surface area contributed by atoms with E-state index in [9.17, 15) is 8.42 Å². The highest BCUT2D eigenvalue weighted by Gasteiger charge is 2.18. The van der Waals surface area contributed by atoms with Gasteiger partial charge in [-0.2, -0.15) is 0 Å². The van der Waals surface area contributed by atoms with Crippen molar-refractivity contribution in [3.63, 3.8) is 0 Å². The molecule has 0 amide bonds. The Balaban J connectivity index is 2.30. The van der Waals surface area contributed by atoms with Gasteiger partial charge in [-0.05, 0) is 36.8 Å². The minimum Gasteiger partial charge on any atom is -0.277 e. The van der Waals surface area contributed by atoms with Gasteiger partial charge in [0.1, 0.15) is 4.21 Å². The van der Waals surface area contributed by atoms with Gasteiger partial charge >= 0.3 is 0 Å². The Bertz CT molecular complexity index is 696. The van der Waals surface area contributed by atoms with E-state index < -0.39 is 10.0 Å². The van der Waals surface area contributed by atoms with Crippen LogP contribution in [0.4, 0.5) is 5.69 Å². The fourth-order valence-corrected chi connectivity index (χ4v) is 4.35. The van der Waals surface area contributed by atoms with E-state index in [-0.39, 0.29) is 9.23 Å². The monoisotopic (exact) mass is 335 g/mol. The highest BCUT2D eigenvalue weighted by Crippen LogP contribution is 2.29. The summed E-state index contributed by atoms with van der Waals surface area (Å²) in [5, 5.41) is 0.723. The second-order valence-corrected chi connectivity index (χ2v) is 7.73. The second-order valence-electron chi connectivity index (χ2n) is 3.80. The van der Waals surface area contributed by atoms with Crippen molar-refractivity contribution in [2.45, 2.75) is 17.6 Å². The highest BCUT2D eigenvalue weighted by atomic mass is 35.5. The van der Waals surface area contributed by atoms with E-state index in [1.165, 1.54) is 23.5 Å². The van der Waals surface area contributed by atoms with Crippen LogP contribution in [0.1, 0.15) is 11.8 Å². The molecule has 1 N–H and O–H groups in total. The van der Waals surface area contributed by atoms with Crippen molar-refractivity contribution >= 4 is 50.2 Å². The van der Waals surface area contributed by atoms with Gasteiger partial charge in [-0.3, -0.25) is 4.72 Å². The van der Waals surface area contributed by atoms with Crippen molar-refractivity contribution in [1.82, 2.24) is 0 Å². The van der Waals surface area contributed by atoms with E-state index in [4.69, 9.17) is 23.2 Å². The standard InChI is InChI=1S/C12H11Cl2NO2S2/c1-2-9-4-6-12(18-9)19(16,17)15-11-5-3-8(13)7-10(11)14/h3-7,15H,2H2,1H3. The van der Waals surface area contributed by atoms with Crippen LogP contribution in [-0.4, -0.2) is 8.42 Å². The molecule has 102 valence electrons. The lowest BCUT2D eigenvalue weighted by molar-refractivity contribution is 0.603. The minimum atomic E-state index is -3.60. The smallest absolute Gasteiger partial charge is 0.271 e. The first-order valence-electron chi connectivity index (χ1n) is 5.49. The molecule has 0 saturated heterocycles. The van der Waals surface area contributed by atoms with Gasteiger partial charge in [0.25, 0.3) is 10.0 Å². The molecular weight excluding hydrogens is 325 g/mol. The maximum Gasteiger partial charge on any atom is 0.271 e. The molecule has 0 aliphatic rings. The van der Waals surface area contributed by atoms with E-state index in [2.05, 4.69) is 4.72 Å². The Morgan fingerprint density at radius 1 is 1.21 bits per heavy atom. The molecule has 0 aliphatic carbocycles. The first kappa shape index (κ1) is 14.7. The molecule has 0 radical (unpaired) electrons. The van der Waals surface area contributed by atoms with Gasteiger partial charge in [0.05, 0.1) is 10.7 Å². The summed E-state index contributed by atoms with van der Waals surface area (Å²) in [5.74, 6) is 0. The van der Waals surface area contributed by atoms with Crippen LogP contribution in [0.2, 0.25) is 10.0 Å². The summed E-state index contributed by atoms with van der Waals surface area (Å²) < 4.78 is 27.1. The van der Waals surface area contributed by atoms with Crippen LogP contribution in [0.15, 0.2) is 34.5 Å². The number of aryl methyl sites for hydroxylation is 1. The first-order chi connectivity index (χ1) is 8.92. The number of benzene rings is 1. The van der Waals surface area contributed by atoms with E-state index in [1.54, 1.807) is 12.1 Å². The van der Waals surface area contributed by atoms with Gasteiger partial charge in [0, 0.05) is 9.90 Å². The molecule has 2 rings (SSSR count). The van der Waals surface area contributed by atoms with E-state index >= 15 is 0 Å². The lowest BCUT2D eigenvalue weighted by Crippen LogP contribution is -2.11. The molecule has 0 spiro atoms. The van der Waals surface area contributed by atoms with Crippen molar-refractivity contribution in [3.05, 3.63) is 45.3 Å². The normalized spacial score (nSPS) is 11.5. The Morgan fingerprint density at radius 3 is 2.53 bits per heavy atom. The number of hydrogen-bond acceptors (Lipinski definition) is 3. The van der Waals surface area contributed by atoms with Crippen LogP contribution in [-0.2, 0) is 16.4 Å². The van der Waals surface area contributed by atoms with Crippen LogP contribution in [0.5, 0.6) is 0 Å². The molecule has 7 heteroatoms. The van der Waals surface area contributed by atoms with Crippen LogP contribution in [0, 0.1) is 0 Å². The summed E-state index contributed by atoms with van der Waals surface area (Å²) in [7, 11) is -3.60. The minimum absolute atomic E-state index is 0.267. The number of halogens is 2. The number of rotatable bonds is 4. The number of anilines is 1. The molecule has 0 unspecified atom stereocenters. The Morgan fingerprint density at radius 2 is 1.95 bits per heavy atom. The number of thiophene rings is 1. The van der Waals surface area contributed by atoms with E-state index in [1.807, 2.05) is 13.0 Å². The third-order valence-corrected chi connectivity index (χ3v) is 6.06. The van der Waals surface area contributed by atoms with Gasteiger partial charge < -0.3 is 0 Å².